The molecule has 0 saturated heterocycles. The number of nitrogens with zero attached hydrogens (tertiary/aromatic N) is 3. The highest BCUT2D eigenvalue weighted by molar-refractivity contribution is 7.17. The zero-order valence-corrected chi connectivity index (χ0v) is 16.4. The molecule has 0 bridgehead atoms. The summed E-state index contributed by atoms with van der Waals surface area (Å²) >= 11 is 1.15. The zero-order valence-electron chi connectivity index (χ0n) is 15.5. The smallest absolute Gasteiger partial charge is 0.263 e. The Morgan fingerprint density at radius 3 is 2.97 bits per heavy atom. The number of furan rings is 1. The Kier molecular flexibility index (Phi) is 5.21. The molecule has 4 aromatic rings. The van der Waals surface area contributed by atoms with Crippen molar-refractivity contribution < 1.29 is 9.21 Å². The number of pyridine rings is 1. The van der Waals surface area contributed by atoms with E-state index in [2.05, 4.69) is 25.6 Å². The number of hydrogen-bond acceptors (Lipinski definition) is 6. The van der Waals surface area contributed by atoms with E-state index in [-0.39, 0.29) is 11.9 Å². The Morgan fingerprint density at radius 2 is 2.14 bits per heavy atom. The molecule has 0 aliphatic carbocycles. The van der Waals surface area contributed by atoms with Crippen LogP contribution in [0.1, 0.15) is 21.1 Å². The second kappa shape index (κ2) is 8.11. The Labute approximate surface area is 170 Å². The van der Waals surface area contributed by atoms with Crippen LogP contribution < -0.4 is 16.4 Å². The van der Waals surface area contributed by atoms with Gasteiger partial charge in [0.1, 0.15) is 16.2 Å². The molecule has 4 rings (SSSR count). The van der Waals surface area contributed by atoms with Crippen molar-refractivity contribution in [3.05, 3.63) is 71.2 Å². The highest BCUT2D eigenvalue weighted by Crippen LogP contribution is 2.24. The lowest BCUT2D eigenvalue weighted by Crippen LogP contribution is -2.22. The van der Waals surface area contributed by atoms with Crippen LogP contribution in [0.4, 0.5) is 10.8 Å². The second-order valence-electron chi connectivity index (χ2n) is 6.24. The molecule has 0 fully saturated rings. The molecule has 1 aromatic carbocycles. The summed E-state index contributed by atoms with van der Waals surface area (Å²) in [6, 6.07) is 13.1. The van der Waals surface area contributed by atoms with Gasteiger partial charge in [-0.2, -0.15) is 4.99 Å². The third kappa shape index (κ3) is 4.58. The maximum Gasteiger partial charge on any atom is 0.263 e. The minimum absolute atomic E-state index is 0.180. The number of thiazole rings is 1. The van der Waals surface area contributed by atoms with Crippen molar-refractivity contribution >= 4 is 45.0 Å². The van der Waals surface area contributed by atoms with Gasteiger partial charge in [-0.1, -0.05) is 17.4 Å². The van der Waals surface area contributed by atoms with Crippen LogP contribution in [0.25, 0.3) is 11.0 Å². The van der Waals surface area contributed by atoms with Crippen molar-refractivity contribution in [3.63, 3.8) is 0 Å². The lowest BCUT2D eigenvalue weighted by molar-refractivity contribution is 0.0954. The molecular weight excluding hydrogens is 388 g/mol. The van der Waals surface area contributed by atoms with E-state index in [1.165, 1.54) is 6.20 Å². The Hall–Kier alpha value is -3.72. The van der Waals surface area contributed by atoms with Crippen LogP contribution in [0.5, 0.6) is 0 Å². The maximum absolute atomic E-state index is 12.3. The predicted molar refractivity (Wildman–Crippen MR) is 113 cm³/mol. The molecule has 0 saturated carbocycles. The van der Waals surface area contributed by atoms with E-state index in [4.69, 9.17) is 10.2 Å². The van der Waals surface area contributed by atoms with Gasteiger partial charge in [-0.25, -0.2) is 4.98 Å². The summed E-state index contributed by atoms with van der Waals surface area (Å²) < 4.78 is 5.56. The first kappa shape index (κ1) is 18.6. The summed E-state index contributed by atoms with van der Waals surface area (Å²) in [7, 11) is 0. The minimum atomic E-state index is -0.234. The molecule has 0 unspecified atom stereocenters. The fourth-order valence-electron chi connectivity index (χ4n) is 2.71. The molecular formula is C20H18N6O2S. The standard InChI is InChI=1S/C20H18N6O2S/c1-12-8-13-9-14(5-6-16(13)28-12)25-19(21)26-20-24-11-17(29-20)18(27)23-10-15-4-2-3-7-22-15/h2-9,11H,10H2,1H3,(H,23,27)(H3,21,24,25,26). The van der Waals surface area contributed by atoms with E-state index in [9.17, 15) is 4.79 Å². The number of fused-ring (bicyclic) bond motifs is 1. The summed E-state index contributed by atoms with van der Waals surface area (Å²) in [5.41, 5.74) is 8.35. The number of carbonyl (C=O) groups excluding carboxylic acids is 1. The highest BCUT2D eigenvalue weighted by Gasteiger charge is 2.11. The number of benzene rings is 1. The monoisotopic (exact) mass is 406 g/mol. The van der Waals surface area contributed by atoms with Crippen LogP contribution in [0, 0.1) is 6.92 Å². The Morgan fingerprint density at radius 1 is 1.24 bits per heavy atom. The van der Waals surface area contributed by atoms with E-state index < -0.39 is 0 Å². The van der Waals surface area contributed by atoms with Gasteiger partial charge in [0, 0.05) is 17.3 Å². The molecule has 3 heterocycles. The van der Waals surface area contributed by atoms with Crippen LogP contribution in [-0.4, -0.2) is 21.8 Å². The number of hydrogen-bond donors (Lipinski definition) is 3. The van der Waals surface area contributed by atoms with E-state index >= 15 is 0 Å². The largest absolute Gasteiger partial charge is 0.461 e. The number of nitrogens with one attached hydrogen (secondary N) is 2. The first-order valence-electron chi connectivity index (χ1n) is 8.82. The molecule has 4 N–H and O–H groups in total. The summed E-state index contributed by atoms with van der Waals surface area (Å²) in [4.78, 5) is 25.3. The molecule has 29 heavy (non-hydrogen) atoms. The summed E-state index contributed by atoms with van der Waals surface area (Å²) in [6.07, 6.45) is 3.16. The molecule has 9 heteroatoms. The third-order valence-corrected chi connectivity index (χ3v) is 4.89. The first-order chi connectivity index (χ1) is 14.1. The van der Waals surface area contributed by atoms with Gasteiger partial charge in [0.25, 0.3) is 5.91 Å². The summed E-state index contributed by atoms with van der Waals surface area (Å²) in [6.45, 7) is 2.24. The van der Waals surface area contributed by atoms with Crippen molar-refractivity contribution in [2.75, 3.05) is 5.32 Å². The number of aryl methyl sites for hydroxylation is 1. The molecule has 0 spiro atoms. The van der Waals surface area contributed by atoms with Crippen molar-refractivity contribution in [1.29, 1.82) is 0 Å². The first-order valence-corrected chi connectivity index (χ1v) is 9.64. The zero-order chi connectivity index (χ0) is 20.2. The van der Waals surface area contributed by atoms with Crippen LogP contribution in [-0.2, 0) is 6.54 Å². The summed E-state index contributed by atoms with van der Waals surface area (Å²) in [5, 5.41) is 7.19. The average Bonchev–Trinajstić information content (AvgIpc) is 3.32. The number of guanidine groups is 1. The molecule has 0 atom stereocenters. The van der Waals surface area contributed by atoms with Crippen molar-refractivity contribution in [3.8, 4) is 0 Å². The van der Waals surface area contributed by atoms with Gasteiger partial charge >= 0.3 is 0 Å². The van der Waals surface area contributed by atoms with Gasteiger partial charge in [-0.3, -0.25) is 9.78 Å². The van der Waals surface area contributed by atoms with Gasteiger partial charge in [0.2, 0.25) is 11.1 Å². The number of anilines is 1. The number of rotatable bonds is 5. The predicted octanol–water partition coefficient (Wildman–Crippen LogP) is 3.58. The second-order valence-corrected chi connectivity index (χ2v) is 7.25. The quantitative estimate of drug-likeness (QED) is 0.344. The molecule has 0 radical (unpaired) electrons. The number of aromatic nitrogens is 2. The number of nitrogens with two attached hydrogens (primary N) is 1. The van der Waals surface area contributed by atoms with Gasteiger partial charge in [0.05, 0.1) is 18.4 Å². The fraction of sp³-hybridized carbons (Fsp3) is 0.100. The van der Waals surface area contributed by atoms with Crippen molar-refractivity contribution in [2.45, 2.75) is 13.5 Å². The fourth-order valence-corrected chi connectivity index (χ4v) is 3.43. The molecule has 146 valence electrons. The van der Waals surface area contributed by atoms with Gasteiger partial charge < -0.3 is 20.8 Å². The topological polar surface area (TPSA) is 118 Å². The summed E-state index contributed by atoms with van der Waals surface area (Å²) in [5.74, 6) is 0.789. The van der Waals surface area contributed by atoms with E-state index in [0.717, 1.165) is 39.4 Å². The van der Waals surface area contributed by atoms with E-state index in [0.29, 0.717) is 16.6 Å². The van der Waals surface area contributed by atoms with Crippen LogP contribution >= 0.6 is 11.3 Å². The third-order valence-electron chi connectivity index (χ3n) is 4.00. The maximum atomic E-state index is 12.3. The number of amides is 1. The lowest BCUT2D eigenvalue weighted by Gasteiger charge is -2.04. The molecule has 0 aliphatic heterocycles. The SMILES string of the molecule is Cc1cc2cc(NC(N)=Nc3ncc(C(=O)NCc4ccccn4)s3)ccc2o1. The van der Waals surface area contributed by atoms with E-state index in [1.54, 1.807) is 6.20 Å². The molecule has 0 aliphatic rings. The molecule has 3 aromatic heterocycles. The van der Waals surface area contributed by atoms with Crippen molar-refractivity contribution in [2.24, 2.45) is 10.7 Å². The normalized spacial score (nSPS) is 11.6. The average molecular weight is 406 g/mol. The van der Waals surface area contributed by atoms with Gasteiger partial charge in [-0.05, 0) is 43.3 Å². The van der Waals surface area contributed by atoms with Gasteiger partial charge in [0.15, 0.2) is 0 Å². The number of carbonyl (C=O) groups is 1. The minimum Gasteiger partial charge on any atom is -0.461 e. The van der Waals surface area contributed by atoms with Gasteiger partial charge in [-0.15, -0.1) is 0 Å². The van der Waals surface area contributed by atoms with Crippen LogP contribution in [0.3, 0.4) is 0 Å². The molecule has 1 amide bonds. The lowest BCUT2D eigenvalue weighted by atomic mass is 10.2. The van der Waals surface area contributed by atoms with Crippen molar-refractivity contribution in [1.82, 2.24) is 15.3 Å². The highest BCUT2D eigenvalue weighted by atomic mass is 32.1. The number of aliphatic imine (C=N–C) groups is 1. The van der Waals surface area contributed by atoms with Crippen LogP contribution in [0.15, 0.2) is 64.3 Å². The molecule has 8 nitrogen and oxygen atoms in total. The Balaban J connectivity index is 1.39. The Bertz CT molecular complexity index is 1180. The van der Waals surface area contributed by atoms with E-state index in [1.807, 2.05) is 49.4 Å². The van der Waals surface area contributed by atoms with Crippen LogP contribution in [0.2, 0.25) is 0 Å².